The molecule has 0 N–H and O–H groups in total. The lowest BCUT2D eigenvalue weighted by Gasteiger charge is -2.13. The molecule has 1 saturated heterocycles. The first-order chi connectivity index (χ1) is 4.83. The molecule has 1 heterocycles. The third-order valence-corrected chi connectivity index (χ3v) is 2.39. The van der Waals surface area contributed by atoms with E-state index in [1.807, 2.05) is 0 Å². The summed E-state index contributed by atoms with van der Waals surface area (Å²) in [5.41, 5.74) is 0. The van der Waals surface area contributed by atoms with Gasteiger partial charge in [0, 0.05) is 6.61 Å². The molecule has 1 aliphatic heterocycles. The summed E-state index contributed by atoms with van der Waals surface area (Å²) in [5, 5.41) is 0. The van der Waals surface area contributed by atoms with Gasteiger partial charge in [-0.15, -0.1) is 0 Å². The Hall–Kier alpha value is -0.0400. The number of hydrogen-bond acceptors (Lipinski definition) is 1. The van der Waals surface area contributed by atoms with Crippen molar-refractivity contribution in [3.8, 4) is 0 Å². The fourth-order valence-corrected chi connectivity index (χ4v) is 1.45. The molecule has 0 spiro atoms. The molecule has 1 fully saturated rings. The van der Waals surface area contributed by atoms with Crippen molar-refractivity contribution in [2.45, 2.75) is 45.6 Å². The Bertz CT molecular complexity index is 84.7. The highest BCUT2D eigenvalue weighted by atomic mass is 16.5. The maximum atomic E-state index is 5.53. The van der Waals surface area contributed by atoms with Gasteiger partial charge in [-0.1, -0.05) is 20.3 Å². The zero-order valence-electron chi connectivity index (χ0n) is 7.10. The first-order valence-corrected chi connectivity index (χ1v) is 4.44. The monoisotopic (exact) mass is 142 g/mol. The van der Waals surface area contributed by atoms with Gasteiger partial charge in [0.1, 0.15) is 0 Å². The van der Waals surface area contributed by atoms with E-state index in [9.17, 15) is 0 Å². The zero-order chi connectivity index (χ0) is 7.40. The summed E-state index contributed by atoms with van der Waals surface area (Å²) < 4.78 is 5.53. The third kappa shape index (κ3) is 2.30. The highest BCUT2D eigenvalue weighted by Gasteiger charge is 2.16. The number of hydrogen-bond donors (Lipinski definition) is 0. The molecule has 2 atom stereocenters. The summed E-state index contributed by atoms with van der Waals surface area (Å²) in [6.45, 7) is 5.56. The molecule has 1 nitrogen and oxygen atoms in total. The van der Waals surface area contributed by atoms with Crippen LogP contribution in [0, 0.1) is 5.92 Å². The molecule has 0 bridgehead atoms. The maximum Gasteiger partial charge on any atom is 0.0578 e. The van der Waals surface area contributed by atoms with Gasteiger partial charge in [0.15, 0.2) is 0 Å². The third-order valence-electron chi connectivity index (χ3n) is 2.39. The Morgan fingerprint density at radius 3 is 2.90 bits per heavy atom. The van der Waals surface area contributed by atoms with Gasteiger partial charge in [0.25, 0.3) is 0 Å². The number of rotatable bonds is 3. The first-order valence-electron chi connectivity index (χ1n) is 4.44. The quantitative estimate of drug-likeness (QED) is 0.588. The predicted octanol–water partition coefficient (Wildman–Crippen LogP) is 2.60. The van der Waals surface area contributed by atoms with E-state index in [0.717, 1.165) is 12.5 Å². The van der Waals surface area contributed by atoms with Crippen molar-refractivity contribution in [1.82, 2.24) is 0 Å². The molecule has 60 valence electrons. The van der Waals surface area contributed by atoms with Gasteiger partial charge < -0.3 is 4.74 Å². The van der Waals surface area contributed by atoms with Crippen LogP contribution in [0.25, 0.3) is 0 Å². The average Bonchev–Trinajstić information content (AvgIpc) is 2.40. The maximum absolute atomic E-state index is 5.53. The van der Waals surface area contributed by atoms with Gasteiger partial charge in [-0.05, 0) is 25.2 Å². The molecule has 0 saturated carbocycles. The minimum Gasteiger partial charge on any atom is -0.378 e. The standard InChI is InChI=1S/C9H18O/c1-3-8(2)7-9-5-4-6-10-9/h8-9H,3-7H2,1-2H3/t8?,9-/m0/s1. The summed E-state index contributed by atoms with van der Waals surface area (Å²) >= 11 is 0. The van der Waals surface area contributed by atoms with Crippen molar-refractivity contribution >= 4 is 0 Å². The lowest BCUT2D eigenvalue weighted by molar-refractivity contribution is 0.0913. The van der Waals surface area contributed by atoms with E-state index >= 15 is 0 Å². The van der Waals surface area contributed by atoms with Crippen molar-refractivity contribution in [2.75, 3.05) is 6.61 Å². The van der Waals surface area contributed by atoms with E-state index in [2.05, 4.69) is 13.8 Å². The van der Waals surface area contributed by atoms with Crippen LogP contribution in [0.3, 0.4) is 0 Å². The largest absolute Gasteiger partial charge is 0.378 e. The summed E-state index contributed by atoms with van der Waals surface area (Å²) in [4.78, 5) is 0. The van der Waals surface area contributed by atoms with E-state index in [0.29, 0.717) is 6.10 Å². The van der Waals surface area contributed by atoms with Crippen LogP contribution < -0.4 is 0 Å². The summed E-state index contributed by atoms with van der Waals surface area (Å²) in [5.74, 6) is 0.850. The van der Waals surface area contributed by atoms with Crippen molar-refractivity contribution in [3.63, 3.8) is 0 Å². The molecule has 0 amide bonds. The Balaban J connectivity index is 2.11. The second-order valence-corrected chi connectivity index (χ2v) is 3.38. The molecule has 1 unspecified atom stereocenters. The van der Waals surface area contributed by atoms with Crippen molar-refractivity contribution in [2.24, 2.45) is 5.92 Å². The molecule has 1 heteroatoms. The van der Waals surface area contributed by atoms with Crippen LogP contribution >= 0.6 is 0 Å². The van der Waals surface area contributed by atoms with E-state index < -0.39 is 0 Å². The van der Waals surface area contributed by atoms with Crippen LogP contribution in [0.1, 0.15) is 39.5 Å². The SMILES string of the molecule is CCC(C)C[C@@H]1CCCO1. The van der Waals surface area contributed by atoms with Crippen molar-refractivity contribution in [1.29, 1.82) is 0 Å². The lowest BCUT2D eigenvalue weighted by atomic mass is 10.00. The predicted molar refractivity (Wildman–Crippen MR) is 43.0 cm³/mol. The van der Waals surface area contributed by atoms with Gasteiger partial charge in [-0.3, -0.25) is 0 Å². The Kier molecular flexibility index (Phi) is 3.20. The van der Waals surface area contributed by atoms with Crippen molar-refractivity contribution in [3.05, 3.63) is 0 Å². The minimum atomic E-state index is 0.593. The first kappa shape index (κ1) is 8.06. The van der Waals surface area contributed by atoms with E-state index in [4.69, 9.17) is 4.74 Å². The molecular weight excluding hydrogens is 124 g/mol. The van der Waals surface area contributed by atoms with Crippen LogP contribution in [-0.2, 0) is 4.74 Å². The van der Waals surface area contributed by atoms with Crippen molar-refractivity contribution < 1.29 is 4.74 Å². The van der Waals surface area contributed by atoms with Gasteiger partial charge >= 0.3 is 0 Å². The van der Waals surface area contributed by atoms with Crippen LogP contribution in [0.5, 0.6) is 0 Å². The van der Waals surface area contributed by atoms with E-state index in [-0.39, 0.29) is 0 Å². The topological polar surface area (TPSA) is 9.23 Å². The fraction of sp³-hybridized carbons (Fsp3) is 1.00. The highest BCUT2D eigenvalue weighted by molar-refractivity contribution is 4.67. The van der Waals surface area contributed by atoms with Crippen LogP contribution in [0.15, 0.2) is 0 Å². The van der Waals surface area contributed by atoms with Gasteiger partial charge in [0.2, 0.25) is 0 Å². The molecule has 10 heavy (non-hydrogen) atoms. The summed E-state index contributed by atoms with van der Waals surface area (Å²) in [7, 11) is 0. The smallest absolute Gasteiger partial charge is 0.0578 e. The summed E-state index contributed by atoms with van der Waals surface area (Å²) in [6.07, 6.45) is 5.73. The van der Waals surface area contributed by atoms with E-state index in [1.165, 1.54) is 25.7 Å². The zero-order valence-corrected chi connectivity index (χ0v) is 7.10. The number of ether oxygens (including phenoxy) is 1. The van der Waals surface area contributed by atoms with Gasteiger partial charge in [-0.25, -0.2) is 0 Å². The molecular formula is C9H18O. The Morgan fingerprint density at radius 1 is 1.60 bits per heavy atom. The normalized spacial score (nSPS) is 28.8. The lowest BCUT2D eigenvalue weighted by Crippen LogP contribution is -2.09. The molecule has 0 radical (unpaired) electrons. The average molecular weight is 142 g/mol. The van der Waals surface area contributed by atoms with E-state index in [1.54, 1.807) is 0 Å². The van der Waals surface area contributed by atoms with Crippen LogP contribution in [0.2, 0.25) is 0 Å². The Labute approximate surface area is 63.8 Å². The molecule has 0 aliphatic carbocycles. The Morgan fingerprint density at radius 2 is 2.40 bits per heavy atom. The fourth-order valence-electron chi connectivity index (χ4n) is 1.45. The molecule has 0 aromatic heterocycles. The second kappa shape index (κ2) is 3.97. The molecule has 1 rings (SSSR count). The van der Waals surface area contributed by atoms with Gasteiger partial charge in [-0.2, -0.15) is 0 Å². The second-order valence-electron chi connectivity index (χ2n) is 3.38. The van der Waals surface area contributed by atoms with Crippen LogP contribution in [-0.4, -0.2) is 12.7 Å². The van der Waals surface area contributed by atoms with Crippen LogP contribution in [0.4, 0.5) is 0 Å². The highest BCUT2D eigenvalue weighted by Crippen LogP contribution is 2.20. The molecule has 1 aliphatic rings. The van der Waals surface area contributed by atoms with Gasteiger partial charge in [0.05, 0.1) is 6.10 Å². The molecule has 0 aromatic carbocycles. The summed E-state index contributed by atoms with van der Waals surface area (Å²) in [6, 6.07) is 0. The molecule has 0 aromatic rings. The minimum absolute atomic E-state index is 0.593.